The highest BCUT2D eigenvalue weighted by molar-refractivity contribution is 7.91. The molecule has 3 aliphatic rings. The molecule has 1 amide bonds. The highest BCUT2D eigenvalue weighted by atomic mass is 32.2. The number of carbonyl (C=O) groups is 1. The van der Waals surface area contributed by atoms with E-state index >= 15 is 0 Å². The van der Waals surface area contributed by atoms with Crippen LogP contribution < -0.4 is 0 Å². The van der Waals surface area contributed by atoms with Gasteiger partial charge in [0.05, 0.1) is 17.4 Å². The van der Waals surface area contributed by atoms with Crippen molar-refractivity contribution in [3.63, 3.8) is 0 Å². The summed E-state index contributed by atoms with van der Waals surface area (Å²) in [4.78, 5) is 15.3. The number of fused-ring (bicyclic) bond motifs is 3. The maximum atomic E-state index is 14.8. The molecule has 200 valence electrons. The molecule has 4 nitrogen and oxygen atoms in total. The zero-order valence-electron chi connectivity index (χ0n) is 20.9. The monoisotopic (exact) mass is 537 g/mol. The molecule has 0 N–H and O–H groups in total. The van der Waals surface area contributed by atoms with Gasteiger partial charge in [-0.2, -0.15) is 13.2 Å². The zero-order chi connectivity index (χ0) is 26.8. The number of likely N-dealkylation sites (tertiary alicyclic amines) is 1. The van der Waals surface area contributed by atoms with Crippen molar-refractivity contribution < 1.29 is 30.8 Å². The van der Waals surface area contributed by atoms with Crippen molar-refractivity contribution in [1.29, 1.82) is 0 Å². The van der Waals surface area contributed by atoms with E-state index in [-0.39, 0.29) is 23.5 Å². The van der Waals surface area contributed by atoms with Crippen molar-refractivity contribution in [2.45, 2.75) is 69.3 Å². The van der Waals surface area contributed by atoms with E-state index in [1.807, 2.05) is 36.1 Å². The molecule has 2 aromatic rings. The number of amides is 1. The molecule has 0 bridgehead atoms. The third-order valence-corrected chi connectivity index (χ3v) is 10.5. The number of nitrogens with zero attached hydrogens (tertiary/aromatic N) is 1. The Hall–Kier alpha value is -2.42. The lowest BCUT2D eigenvalue weighted by Gasteiger charge is -2.44. The number of halogens is 4. The van der Waals surface area contributed by atoms with Gasteiger partial charge in [-0.3, -0.25) is 4.79 Å². The molecular weight excluding hydrogens is 506 g/mol. The van der Waals surface area contributed by atoms with Gasteiger partial charge in [-0.1, -0.05) is 48.0 Å². The Balaban J connectivity index is 1.55. The molecule has 0 saturated carbocycles. The lowest BCUT2D eigenvalue weighted by atomic mass is 9.63. The van der Waals surface area contributed by atoms with E-state index in [1.54, 1.807) is 6.07 Å². The SMILES string of the molecule is Cc1ccc(CC23CCN(C(=O)C4CCS(=O)(=O)C4)C2CCc2cc(C(C)(F)C(F)(F)F)ccc23)cc1. The first-order chi connectivity index (χ1) is 17.2. The number of rotatable bonds is 4. The Morgan fingerprint density at radius 3 is 2.41 bits per heavy atom. The number of hydrogen-bond donors (Lipinski definition) is 0. The summed E-state index contributed by atoms with van der Waals surface area (Å²) >= 11 is 0. The minimum Gasteiger partial charge on any atom is -0.338 e. The highest BCUT2D eigenvalue weighted by Crippen LogP contribution is 2.51. The van der Waals surface area contributed by atoms with Crippen molar-refractivity contribution >= 4 is 15.7 Å². The number of alkyl halides is 4. The van der Waals surface area contributed by atoms with Gasteiger partial charge in [0.2, 0.25) is 11.6 Å². The predicted octanol–water partition coefficient (Wildman–Crippen LogP) is 5.20. The Kier molecular flexibility index (Phi) is 6.24. The normalized spacial score (nSPS) is 28.4. The van der Waals surface area contributed by atoms with Gasteiger partial charge in [0.25, 0.3) is 0 Å². The lowest BCUT2D eigenvalue weighted by Crippen LogP contribution is -2.50. The van der Waals surface area contributed by atoms with Crippen LogP contribution in [-0.4, -0.2) is 49.5 Å². The molecule has 4 atom stereocenters. The van der Waals surface area contributed by atoms with Crippen LogP contribution in [0.15, 0.2) is 42.5 Å². The maximum absolute atomic E-state index is 14.8. The van der Waals surface area contributed by atoms with E-state index in [9.17, 15) is 30.8 Å². The minimum absolute atomic E-state index is 0.0171. The first kappa shape index (κ1) is 26.2. The van der Waals surface area contributed by atoms with Crippen molar-refractivity contribution in [3.8, 4) is 0 Å². The molecule has 4 unspecified atom stereocenters. The van der Waals surface area contributed by atoms with E-state index in [4.69, 9.17) is 0 Å². The molecule has 0 radical (unpaired) electrons. The minimum atomic E-state index is -5.03. The molecule has 2 fully saturated rings. The molecule has 2 saturated heterocycles. The lowest BCUT2D eigenvalue weighted by molar-refractivity contribution is -0.228. The molecule has 0 aromatic heterocycles. The van der Waals surface area contributed by atoms with Gasteiger partial charge in [-0.25, -0.2) is 12.8 Å². The standard InChI is InChI=1S/C28H31F4NO3S/c1-18-3-5-19(6-4-18)16-27-12-13-33(25(34)21-11-14-37(35,36)17-21)24(27)10-7-20-15-22(8-9-23(20)27)26(2,29)28(30,31)32/h3-6,8-9,15,21,24H,7,10-14,16-17H2,1-2H3. The summed E-state index contributed by atoms with van der Waals surface area (Å²) in [5.74, 6) is -0.816. The van der Waals surface area contributed by atoms with Crippen LogP contribution in [0.25, 0.3) is 0 Å². The predicted molar refractivity (Wildman–Crippen MR) is 133 cm³/mol. The average molecular weight is 538 g/mol. The highest BCUT2D eigenvalue weighted by Gasteiger charge is 2.56. The van der Waals surface area contributed by atoms with E-state index in [1.165, 1.54) is 12.1 Å². The van der Waals surface area contributed by atoms with E-state index in [0.29, 0.717) is 51.1 Å². The summed E-state index contributed by atoms with van der Waals surface area (Å²) in [5, 5.41) is 0. The second-order valence-electron chi connectivity index (χ2n) is 11.1. The number of carbonyl (C=O) groups excluding carboxylic acids is 1. The second-order valence-corrected chi connectivity index (χ2v) is 13.4. The van der Waals surface area contributed by atoms with Gasteiger partial charge in [0, 0.05) is 18.0 Å². The summed E-state index contributed by atoms with van der Waals surface area (Å²) in [5.41, 5.74) is -0.715. The Labute approximate surface area is 215 Å². The molecular formula is C28H31F4NO3S. The van der Waals surface area contributed by atoms with E-state index in [2.05, 4.69) is 0 Å². The molecule has 2 heterocycles. The van der Waals surface area contributed by atoms with Gasteiger partial charge in [-0.15, -0.1) is 0 Å². The van der Waals surface area contributed by atoms with Crippen LogP contribution in [0.3, 0.4) is 0 Å². The molecule has 37 heavy (non-hydrogen) atoms. The molecule has 1 aliphatic carbocycles. The van der Waals surface area contributed by atoms with E-state index < -0.39 is 38.6 Å². The van der Waals surface area contributed by atoms with Gasteiger partial charge < -0.3 is 4.90 Å². The molecule has 5 rings (SSSR count). The average Bonchev–Trinajstić information content (AvgIpc) is 3.39. The molecule has 2 aromatic carbocycles. The van der Waals surface area contributed by atoms with Crippen LogP contribution in [0.5, 0.6) is 0 Å². The number of sulfone groups is 1. The Morgan fingerprint density at radius 2 is 1.78 bits per heavy atom. The van der Waals surface area contributed by atoms with Crippen LogP contribution >= 0.6 is 0 Å². The zero-order valence-corrected chi connectivity index (χ0v) is 21.8. The van der Waals surface area contributed by atoms with Crippen LogP contribution in [0.1, 0.15) is 54.0 Å². The van der Waals surface area contributed by atoms with Crippen molar-refractivity contribution in [3.05, 3.63) is 70.3 Å². The largest absolute Gasteiger partial charge is 0.426 e. The third-order valence-electron chi connectivity index (χ3n) is 8.72. The summed E-state index contributed by atoms with van der Waals surface area (Å²) < 4.78 is 79.2. The summed E-state index contributed by atoms with van der Waals surface area (Å²) in [7, 11) is -3.22. The smallest absolute Gasteiger partial charge is 0.338 e. The second kappa shape index (κ2) is 8.82. The van der Waals surface area contributed by atoms with Crippen LogP contribution in [-0.2, 0) is 38.6 Å². The first-order valence-electron chi connectivity index (χ1n) is 12.7. The molecule has 9 heteroatoms. The van der Waals surface area contributed by atoms with E-state index in [0.717, 1.165) is 16.7 Å². The fourth-order valence-electron chi connectivity index (χ4n) is 6.58. The fourth-order valence-corrected chi connectivity index (χ4v) is 8.31. The first-order valence-corrected chi connectivity index (χ1v) is 14.5. The summed E-state index contributed by atoms with van der Waals surface area (Å²) in [6, 6.07) is 12.1. The maximum Gasteiger partial charge on any atom is 0.426 e. The third kappa shape index (κ3) is 4.47. The van der Waals surface area contributed by atoms with Gasteiger partial charge in [0.1, 0.15) is 0 Å². The molecule has 2 aliphatic heterocycles. The van der Waals surface area contributed by atoms with Crippen LogP contribution in [0.4, 0.5) is 17.6 Å². The quantitative estimate of drug-likeness (QED) is 0.504. The van der Waals surface area contributed by atoms with Crippen molar-refractivity contribution in [1.82, 2.24) is 4.90 Å². The number of aryl methyl sites for hydroxylation is 2. The van der Waals surface area contributed by atoms with Gasteiger partial charge in [-0.05, 0) is 68.2 Å². The Morgan fingerprint density at radius 1 is 1.08 bits per heavy atom. The number of hydrogen-bond acceptors (Lipinski definition) is 3. The van der Waals surface area contributed by atoms with Crippen LogP contribution in [0.2, 0.25) is 0 Å². The van der Waals surface area contributed by atoms with Crippen LogP contribution in [0, 0.1) is 12.8 Å². The summed E-state index contributed by atoms with van der Waals surface area (Å²) in [6.07, 6.45) is -2.57. The Bertz CT molecular complexity index is 1320. The fraction of sp³-hybridized carbons (Fsp3) is 0.536. The van der Waals surface area contributed by atoms with Crippen molar-refractivity contribution in [2.24, 2.45) is 5.92 Å². The molecule has 0 spiro atoms. The van der Waals surface area contributed by atoms with Crippen molar-refractivity contribution in [2.75, 3.05) is 18.1 Å². The summed E-state index contributed by atoms with van der Waals surface area (Å²) in [6.45, 7) is 2.99. The topological polar surface area (TPSA) is 54.5 Å². The van der Waals surface area contributed by atoms with Gasteiger partial charge >= 0.3 is 6.18 Å². The van der Waals surface area contributed by atoms with Gasteiger partial charge in [0.15, 0.2) is 9.84 Å². The number of benzene rings is 2.